The molecule has 1 aromatic heterocycles. The molecule has 0 saturated carbocycles. The standard InChI is InChI=1S/C22H27ClN4O6/c1-22(2)7-12-15(13(29)8-22)16(10-3-5-11(23)6-4-10)27-20(25-26-21(27)24-12)19(33)18(32)17(31)14(30)9-28/h3-6,14,16-19,28,30-33H,7-9H2,1-2H3,(H,24,26)/t14-,16?,17-,18+,19-/m1/s1. The third-order valence-corrected chi connectivity index (χ3v) is 6.39. The van der Waals surface area contributed by atoms with Crippen LogP contribution in [0.2, 0.25) is 5.02 Å². The van der Waals surface area contributed by atoms with E-state index in [0.717, 1.165) is 0 Å². The molecule has 11 heteroatoms. The van der Waals surface area contributed by atoms with Crippen LogP contribution in [0.4, 0.5) is 5.95 Å². The van der Waals surface area contributed by atoms with Crippen molar-refractivity contribution in [1.29, 1.82) is 0 Å². The fourth-order valence-electron chi connectivity index (χ4n) is 4.51. The van der Waals surface area contributed by atoms with Gasteiger partial charge in [-0.05, 0) is 29.5 Å². The van der Waals surface area contributed by atoms with Crippen molar-refractivity contribution in [2.75, 3.05) is 11.9 Å². The summed E-state index contributed by atoms with van der Waals surface area (Å²) in [6.07, 6.45) is -6.21. The summed E-state index contributed by atoms with van der Waals surface area (Å²) >= 11 is 6.07. The van der Waals surface area contributed by atoms with E-state index in [1.807, 2.05) is 13.8 Å². The summed E-state index contributed by atoms with van der Waals surface area (Å²) in [5.74, 6) is 0.0840. The number of hydrogen-bond acceptors (Lipinski definition) is 9. The van der Waals surface area contributed by atoms with Crippen molar-refractivity contribution in [3.8, 4) is 0 Å². The first-order valence-electron chi connectivity index (χ1n) is 10.6. The predicted octanol–water partition coefficient (Wildman–Crippen LogP) is 0.698. The molecule has 10 nitrogen and oxygen atoms in total. The van der Waals surface area contributed by atoms with E-state index in [1.54, 1.807) is 24.3 Å². The summed E-state index contributed by atoms with van der Waals surface area (Å²) in [6, 6.07) is 6.19. The molecule has 6 N–H and O–H groups in total. The van der Waals surface area contributed by atoms with Gasteiger partial charge in [-0.2, -0.15) is 0 Å². The molecule has 1 aliphatic heterocycles. The summed E-state index contributed by atoms with van der Waals surface area (Å²) in [7, 11) is 0. The van der Waals surface area contributed by atoms with E-state index in [9.17, 15) is 25.2 Å². The van der Waals surface area contributed by atoms with Crippen LogP contribution in [0, 0.1) is 5.41 Å². The van der Waals surface area contributed by atoms with Crippen molar-refractivity contribution in [1.82, 2.24) is 14.8 Å². The van der Waals surface area contributed by atoms with Crippen LogP contribution in [0.3, 0.4) is 0 Å². The number of nitrogens with zero attached hydrogens (tertiary/aromatic N) is 3. The lowest BCUT2D eigenvalue weighted by Crippen LogP contribution is -2.44. The maximum Gasteiger partial charge on any atom is 0.229 e. The van der Waals surface area contributed by atoms with Crippen LogP contribution in [-0.2, 0) is 4.79 Å². The summed E-state index contributed by atoms with van der Waals surface area (Å²) < 4.78 is 1.50. The van der Waals surface area contributed by atoms with Gasteiger partial charge in [-0.1, -0.05) is 37.6 Å². The second-order valence-corrected chi connectivity index (χ2v) is 9.78. The van der Waals surface area contributed by atoms with Crippen LogP contribution in [0.25, 0.3) is 0 Å². The smallest absolute Gasteiger partial charge is 0.229 e. The van der Waals surface area contributed by atoms with Crippen LogP contribution in [0.15, 0.2) is 35.5 Å². The number of allylic oxidation sites excluding steroid dienone is 2. The number of anilines is 1. The number of carbonyl (C=O) groups excluding carboxylic acids is 1. The van der Waals surface area contributed by atoms with Crippen LogP contribution < -0.4 is 5.32 Å². The number of hydrogen-bond donors (Lipinski definition) is 6. The molecule has 2 heterocycles. The number of ketones is 1. The van der Waals surface area contributed by atoms with E-state index >= 15 is 0 Å². The molecule has 2 aliphatic rings. The zero-order valence-corrected chi connectivity index (χ0v) is 18.9. The minimum atomic E-state index is -1.87. The average Bonchev–Trinajstić information content (AvgIpc) is 3.18. The van der Waals surface area contributed by atoms with E-state index in [2.05, 4.69) is 15.5 Å². The van der Waals surface area contributed by atoms with Gasteiger partial charge >= 0.3 is 0 Å². The maximum absolute atomic E-state index is 13.3. The fourth-order valence-corrected chi connectivity index (χ4v) is 4.63. The second kappa shape index (κ2) is 8.79. The number of fused-ring (bicyclic) bond motifs is 1. The van der Waals surface area contributed by atoms with Crippen molar-refractivity contribution in [2.24, 2.45) is 5.41 Å². The minimum Gasteiger partial charge on any atom is -0.394 e. The summed E-state index contributed by atoms with van der Waals surface area (Å²) in [4.78, 5) is 13.3. The number of Topliss-reactive ketones (excluding diaryl/α,β-unsaturated/α-hetero) is 1. The average molecular weight is 479 g/mol. The molecule has 0 amide bonds. The molecule has 0 bridgehead atoms. The topological polar surface area (TPSA) is 161 Å². The van der Waals surface area contributed by atoms with Gasteiger partial charge in [0.15, 0.2) is 11.6 Å². The molecule has 0 fully saturated rings. The van der Waals surface area contributed by atoms with Gasteiger partial charge in [0.25, 0.3) is 0 Å². The highest BCUT2D eigenvalue weighted by Crippen LogP contribution is 2.46. The summed E-state index contributed by atoms with van der Waals surface area (Å²) in [5, 5.41) is 61.9. The monoisotopic (exact) mass is 478 g/mol. The molecule has 0 radical (unpaired) electrons. The SMILES string of the molecule is CC1(C)CC(=O)C2=C(C1)Nc1nnc([C@H](O)[C@@H](O)[C@H](O)[C@H](O)CO)n1C2c1ccc(Cl)cc1. The van der Waals surface area contributed by atoms with Gasteiger partial charge in [-0.25, -0.2) is 0 Å². The predicted molar refractivity (Wildman–Crippen MR) is 118 cm³/mol. The lowest BCUT2D eigenvalue weighted by molar-refractivity contribution is -0.119. The molecular formula is C22H27ClN4O6. The van der Waals surface area contributed by atoms with Gasteiger partial charge in [0.1, 0.15) is 24.4 Å². The van der Waals surface area contributed by atoms with Gasteiger partial charge in [-0.15, -0.1) is 10.2 Å². The van der Waals surface area contributed by atoms with E-state index in [1.165, 1.54) is 4.57 Å². The molecular weight excluding hydrogens is 452 g/mol. The van der Waals surface area contributed by atoms with Gasteiger partial charge in [0, 0.05) is 22.7 Å². The zero-order chi connectivity index (χ0) is 24.1. The molecule has 33 heavy (non-hydrogen) atoms. The molecule has 0 spiro atoms. The number of benzene rings is 1. The fraction of sp³-hybridized carbons (Fsp3) is 0.500. The Labute approximate surface area is 195 Å². The number of halogens is 1. The minimum absolute atomic E-state index is 0.0650. The molecule has 2 aromatic rings. The number of nitrogens with one attached hydrogen (secondary N) is 1. The number of aliphatic hydroxyl groups excluding tert-OH is 5. The van der Waals surface area contributed by atoms with Crippen LogP contribution in [0.5, 0.6) is 0 Å². The Kier molecular flexibility index (Phi) is 6.34. The molecule has 0 saturated heterocycles. The van der Waals surface area contributed by atoms with Gasteiger partial charge in [-0.3, -0.25) is 9.36 Å². The first kappa shape index (κ1) is 23.8. The highest BCUT2D eigenvalue weighted by molar-refractivity contribution is 6.30. The van der Waals surface area contributed by atoms with Crippen molar-refractivity contribution < 1.29 is 30.3 Å². The van der Waals surface area contributed by atoms with E-state index < -0.39 is 37.1 Å². The highest BCUT2D eigenvalue weighted by Gasteiger charge is 2.44. The van der Waals surface area contributed by atoms with Gasteiger partial charge < -0.3 is 30.8 Å². The van der Waals surface area contributed by atoms with Gasteiger partial charge in [0.2, 0.25) is 5.95 Å². The Morgan fingerprint density at radius 1 is 1.12 bits per heavy atom. The molecule has 1 aliphatic carbocycles. The first-order chi connectivity index (χ1) is 15.5. The number of carbonyl (C=O) groups is 1. The Hall–Kier alpha value is -2.34. The van der Waals surface area contributed by atoms with Gasteiger partial charge in [0.05, 0.1) is 12.6 Å². The number of rotatable bonds is 6. The molecule has 1 unspecified atom stereocenters. The Morgan fingerprint density at radius 2 is 1.79 bits per heavy atom. The normalized spacial score (nSPS) is 23.3. The molecule has 5 atom stereocenters. The molecule has 178 valence electrons. The lowest BCUT2D eigenvalue weighted by Gasteiger charge is -2.39. The largest absolute Gasteiger partial charge is 0.394 e. The van der Waals surface area contributed by atoms with E-state index in [0.29, 0.717) is 34.7 Å². The third-order valence-electron chi connectivity index (χ3n) is 6.14. The van der Waals surface area contributed by atoms with Crippen molar-refractivity contribution in [2.45, 2.75) is 57.1 Å². The Morgan fingerprint density at radius 3 is 2.42 bits per heavy atom. The van der Waals surface area contributed by atoms with Crippen molar-refractivity contribution in [3.63, 3.8) is 0 Å². The third kappa shape index (κ3) is 4.30. The molecule has 1 aromatic carbocycles. The van der Waals surface area contributed by atoms with E-state index in [-0.39, 0.29) is 23.0 Å². The van der Waals surface area contributed by atoms with Crippen molar-refractivity contribution in [3.05, 3.63) is 51.9 Å². The van der Waals surface area contributed by atoms with Crippen LogP contribution >= 0.6 is 11.6 Å². The number of aromatic nitrogens is 3. The van der Waals surface area contributed by atoms with Crippen LogP contribution in [-0.4, -0.2) is 71.0 Å². The number of aliphatic hydroxyl groups is 5. The summed E-state index contributed by atoms with van der Waals surface area (Å²) in [5.41, 5.74) is 1.66. The lowest BCUT2D eigenvalue weighted by atomic mass is 9.73. The van der Waals surface area contributed by atoms with Crippen molar-refractivity contribution >= 4 is 23.3 Å². The maximum atomic E-state index is 13.3. The highest BCUT2D eigenvalue weighted by atomic mass is 35.5. The quantitative estimate of drug-likeness (QED) is 0.351. The first-order valence-corrected chi connectivity index (χ1v) is 11.0. The zero-order valence-electron chi connectivity index (χ0n) is 18.2. The Bertz CT molecular complexity index is 1080. The van der Waals surface area contributed by atoms with Crippen LogP contribution in [0.1, 0.15) is 50.2 Å². The molecule has 4 rings (SSSR count). The Balaban J connectivity index is 1.83. The summed E-state index contributed by atoms with van der Waals surface area (Å²) in [6.45, 7) is 3.21. The van der Waals surface area contributed by atoms with E-state index in [4.69, 9.17) is 16.7 Å². The second-order valence-electron chi connectivity index (χ2n) is 9.34.